The van der Waals surface area contributed by atoms with Crippen LogP contribution >= 0.6 is 0 Å². The van der Waals surface area contributed by atoms with Crippen molar-refractivity contribution in [3.05, 3.63) is 101 Å². The van der Waals surface area contributed by atoms with Crippen molar-refractivity contribution in [2.75, 3.05) is 10.6 Å². The maximum absolute atomic E-state index is 12.9. The van der Waals surface area contributed by atoms with Crippen molar-refractivity contribution in [1.29, 1.82) is 0 Å². The largest absolute Gasteiger partial charge is 0.325 e. The number of anilines is 2. The summed E-state index contributed by atoms with van der Waals surface area (Å²) in [4.78, 5) is 38.1. The van der Waals surface area contributed by atoms with Gasteiger partial charge in [-0.25, -0.2) is 0 Å². The molecule has 0 radical (unpaired) electrons. The van der Waals surface area contributed by atoms with Crippen LogP contribution in [0.15, 0.2) is 83.9 Å². The minimum atomic E-state index is -0.408. The van der Waals surface area contributed by atoms with Crippen LogP contribution in [-0.4, -0.2) is 31.0 Å². The van der Waals surface area contributed by atoms with Crippen molar-refractivity contribution in [3.8, 4) is 0 Å². The number of nitrogens with one attached hydrogen (secondary N) is 2. The van der Waals surface area contributed by atoms with E-state index in [0.29, 0.717) is 22.5 Å². The lowest BCUT2D eigenvalue weighted by atomic mass is 10.1. The predicted octanol–water partition coefficient (Wildman–Crippen LogP) is 3.24. The first-order chi connectivity index (χ1) is 16.5. The minimum absolute atomic E-state index is 0.149. The Balaban J connectivity index is 1.32. The molecule has 5 rings (SSSR count). The first-order valence-corrected chi connectivity index (χ1v) is 10.6. The van der Waals surface area contributed by atoms with Crippen LogP contribution in [0.2, 0.25) is 0 Å². The van der Waals surface area contributed by atoms with Crippen molar-refractivity contribution in [1.82, 2.24) is 19.2 Å². The number of carbonyl (C=O) groups excluding carboxylic acids is 2. The van der Waals surface area contributed by atoms with Gasteiger partial charge in [0.1, 0.15) is 12.9 Å². The van der Waals surface area contributed by atoms with Gasteiger partial charge in [-0.2, -0.15) is 0 Å². The fourth-order valence-electron chi connectivity index (χ4n) is 3.82. The van der Waals surface area contributed by atoms with Gasteiger partial charge in [0.25, 0.3) is 11.5 Å². The third-order valence-corrected chi connectivity index (χ3v) is 5.42. The van der Waals surface area contributed by atoms with E-state index in [1.54, 1.807) is 40.8 Å². The van der Waals surface area contributed by atoms with E-state index < -0.39 is 5.56 Å². The average Bonchev–Trinajstić information content (AvgIpc) is 3.33. The zero-order valence-electron chi connectivity index (χ0n) is 18.2. The molecule has 2 heterocycles. The second kappa shape index (κ2) is 8.62. The van der Waals surface area contributed by atoms with Crippen LogP contribution < -0.4 is 16.2 Å². The third-order valence-electron chi connectivity index (χ3n) is 5.42. The Morgan fingerprint density at radius 1 is 0.882 bits per heavy atom. The highest BCUT2D eigenvalue weighted by Crippen LogP contribution is 2.16. The molecule has 0 saturated heterocycles. The average molecular weight is 452 g/mol. The fourth-order valence-corrected chi connectivity index (χ4v) is 3.82. The van der Waals surface area contributed by atoms with Gasteiger partial charge in [-0.3, -0.25) is 23.4 Å². The third kappa shape index (κ3) is 4.02. The second-order valence-electron chi connectivity index (χ2n) is 7.85. The van der Waals surface area contributed by atoms with Crippen LogP contribution in [0.1, 0.15) is 15.9 Å². The zero-order chi connectivity index (χ0) is 23.7. The van der Waals surface area contributed by atoms with Gasteiger partial charge in [-0.1, -0.05) is 24.3 Å². The first kappa shape index (κ1) is 21.1. The summed E-state index contributed by atoms with van der Waals surface area (Å²) in [5.41, 5.74) is 3.79. The normalized spacial score (nSPS) is 11.0. The maximum atomic E-state index is 12.9. The van der Waals surface area contributed by atoms with E-state index >= 15 is 0 Å². The quantitative estimate of drug-likeness (QED) is 0.425. The first-order valence-electron chi connectivity index (χ1n) is 10.6. The van der Waals surface area contributed by atoms with Gasteiger partial charge >= 0.3 is 0 Å². The second-order valence-corrected chi connectivity index (χ2v) is 7.85. The summed E-state index contributed by atoms with van der Waals surface area (Å²) in [6.45, 7) is 1.76. The highest BCUT2D eigenvalue weighted by Gasteiger charge is 2.15. The number of hydrogen-bond acceptors (Lipinski definition) is 5. The van der Waals surface area contributed by atoms with Gasteiger partial charge in [0.05, 0.1) is 11.0 Å². The van der Waals surface area contributed by atoms with Crippen molar-refractivity contribution in [2.45, 2.75) is 13.5 Å². The Bertz CT molecular complexity index is 1600. The molecule has 0 saturated carbocycles. The summed E-state index contributed by atoms with van der Waals surface area (Å²) in [5, 5.41) is 13.3. The van der Waals surface area contributed by atoms with Crippen LogP contribution in [0.25, 0.3) is 16.7 Å². The van der Waals surface area contributed by atoms with E-state index in [0.717, 1.165) is 11.1 Å². The molecule has 0 aliphatic rings. The fraction of sp³-hybridized carbons (Fsp3) is 0.0800. The molecule has 3 aromatic carbocycles. The number of nitrogens with zero attached hydrogens (tertiary/aromatic N) is 4. The Morgan fingerprint density at radius 3 is 2.41 bits per heavy atom. The number of rotatable bonds is 5. The van der Waals surface area contributed by atoms with Crippen LogP contribution in [0, 0.1) is 6.92 Å². The van der Waals surface area contributed by atoms with Crippen molar-refractivity contribution in [3.63, 3.8) is 0 Å². The molecule has 2 N–H and O–H groups in total. The molecule has 9 nitrogen and oxygen atoms in total. The summed E-state index contributed by atoms with van der Waals surface area (Å²) >= 11 is 0. The standard InChI is InChI=1S/C25H20N6O3/c1-16-5-4-6-19(13-16)28-24(33)17-9-11-18(12-10-17)27-22(32)14-30-20-7-2-3-8-21(20)31-15-26-29-23(31)25(30)34/h2-13,15H,14H2,1H3,(H,27,32)(H,28,33). The van der Waals surface area contributed by atoms with E-state index in [1.165, 1.54) is 10.9 Å². The molecule has 0 unspecified atom stereocenters. The lowest BCUT2D eigenvalue weighted by Gasteiger charge is -2.12. The number of para-hydroxylation sites is 2. The molecule has 9 heteroatoms. The van der Waals surface area contributed by atoms with Gasteiger partial charge < -0.3 is 10.6 Å². The Kier molecular flexibility index (Phi) is 5.35. The van der Waals surface area contributed by atoms with E-state index in [-0.39, 0.29) is 24.0 Å². The van der Waals surface area contributed by atoms with Crippen molar-refractivity contribution in [2.24, 2.45) is 0 Å². The number of fused-ring (bicyclic) bond motifs is 3. The molecule has 0 aliphatic heterocycles. The smallest absolute Gasteiger partial charge is 0.297 e. The van der Waals surface area contributed by atoms with Crippen LogP contribution in [0.4, 0.5) is 11.4 Å². The molecule has 0 fully saturated rings. The van der Waals surface area contributed by atoms with E-state index in [1.807, 2.05) is 43.3 Å². The molecule has 34 heavy (non-hydrogen) atoms. The molecule has 168 valence electrons. The van der Waals surface area contributed by atoms with Gasteiger partial charge in [0.2, 0.25) is 11.6 Å². The number of aromatic nitrogens is 4. The number of hydrogen-bond donors (Lipinski definition) is 2. The molecule has 0 aliphatic carbocycles. The highest BCUT2D eigenvalue weighted by atomic mass is 16.2. The topological polar surface area (TPSA) is 110 Å². The summed E-state index contributed by atoms with van der Waals surface area (Å²) < 4.78 is 2.98. The predicted molar refractivity (Wildman–Crippen MR) is 129 cm³/mol. The van der Waals surface area contributed by atoms with Crippen molar-refractivity contribution < 1.29 is 9.59 Å². The van der Waals surface area contributed by atoms with E-state index in [9.17, 15) is 14.4 Å². The molecule has 5 aromatic rings. The van der Waals surface area contributed by atoms with Crippen LogP contribution in [0.3, 0.4) is 0 Å². The Hall–Kier alpha value is -4.79. The molecule has 0 spiro atoms. The molecular weight excluding hydrogens is 432 g/mol. The number of carbonyl (C=O) groups is 2. The SMILES string of the molecule is Cc1cccc(NC(=O)c2ccc(NC(=O)Cn3c(=O)c4nncn4c4ccccc43)cc2)c1. The lowest BCUT2D eigenvalue weighted by Crippen LogP contribution is -2.29. The summed E-state index contributed by atoms with van der Waals surface area (Å²) in [6, 6.07) is 21.3. The van der Waals surface area contributed by atoms with Crippen LogP contribution in [-0.2, 0) is 11.3 Å². The molecule has 0 atom stereocenters. The Morgan fingerprint density at radius 2 is 1.65 bits per heavy atom. The maximum Gasteiger partial charge on any atom is 0.297 e. The monoisotopic (exact) mass is 452 g/mol. The van der Waals surface area contributed by atoms with Gasteiger partial charge in [0, 0.05) is 16.9 Å². The van der Waals surface area contributed by atoms with Crippen LogP contribution in [0.5, 0.6) is 0 Å². The molecule has 2 aromatic heterocycles. The summed E-state index contributed by atoms with van der Waals surface area (Å²) in [6.07, 6.45) is 1.47. The molecular formula is C25H20N6O3. The number of benzene rings is 3. The van der Waals surface area contributed by atoms with Gasteiger partial charge in [-0.05, 0) is 61.0 Å². The van der Waals surface area contributed by atoms with E-state index in [4.69, 9.17) is 0 Å². The highest BCUT2D eigenvalue weighted by molar-refractivity contribution is 6.04. The number of amides is 2. The lowest BCUT2D eigenvalue weighted by molar-refractivity contribution is -0.116. The summed E-state index contributed by atoms with van der Waals surface area (Å²) in [5.74, 6) is -0.629. The zero-order valence-corrected chi connectivity index (χ0v) is 18.2. The number of aryl methyl sites for hydroxylation is 1. The molecule has 0 bridgehead atoms. The molecule has 2 amide bonds. The Labute approximate surface area is 193 Å². The van der Waals surface area contributed by atoms with Crippen molar-refractivity contribution >= 4 is 39.9 Å². The van der Waals surface area contributed by atoms with Gasteiger partial charge in [0.15, 0.2) is 0 Å². The minimum Gasteiger partial charge on any atom is -0.325 e. The summed E-state index contributed by atoms with van der Waals surface area (Å²) in [7, 11) is 0. The van der Waals surface area contributed by atoms with E-state index in [2.05, 4.69) is 20.8 Å². The van der Waals surface area contributed by atoms with Gasteiger partial charge in [-0.15, -0.1) is 10.2 Å².